The van der Waals surface area contributed by atoms with Gasteiger partial charge in [0.1, 0.15) is 0 Å². The van der Waals surface area contributed by atoms with Gasteiger partial charge in [0.2, 0.25) is 5.91 Å². The fourth-order valence-corrected chi connectivity index (χ4v) is 2.50. The predicted molar refractivity (Wildman–Crippen MR) is 123 cm³/mol. The second-order valence-electron chi connectivity index (χ2n) is 5.81. The summed E-state index contributed by atoms with van der Waals surface area (Å²) in [6.07, 6.45) is 1.26. The van der Waals surface area contributed by atoms with Gasteiger partial charge in [-0.3, -0.25) is 9.79 Å². The van der Waals surface area contributed by atoms with Gasteiger partial charge in [0.25, 0.3) is 0 Å². The maximum absolute atomic E-state index is 11.9. The van der Waals surface area contributed by atoms with Gasteiger partial charge >= 0.3 is 0 Å². The van der Waals surface area contributed by atoms with Crippen molar-refractivity contribution in [1.29, 1.82) is 0 Å². The monoisotopic (exact) mass is 500 g/mol. The second kappa shape index (κ2) is 13.4. The lowest BCUT2D eigenvalue weighted by Crippen LogP contribution is -2.40. The highest BCUT2D eigenvalue weighted by Gasteiger charge is 2.03. The molecule has 0 aliphatic carbocycles. The zero-order valence-corrected chi connectivity index (χ0v) is 18.5. The number of hydrogen-bond donors (Lipinski definition) is 3. The number of carbonyl (C=O) groups excluding carboxylic acids is 1. The van der Waals surface area contributed by atoms with E-state index in [9.17, 15) is 4.79 Å². The van der Waals surface area contributed by atoms with Crippen LogP contribution in [0.15, 0.2) is 59.6 Å². The smallest absolute Gasteiger partial charge is 0.222 e. The van der Waals surface area contributed by atoms with E-state index in [0.29, 0.717) is 25.5 Å². The standard InChI is InChI=1S/C20H25ClN4O.HI/c1-22-20(23-13-11-16-7-9-18(21)10-8-16)24-14-12-19(26)25-15-17-5-3-2-4-6-17;/h2-10H,11-15H2,1H3,(H,25,26)(H2,22,23,24);1H. The van der Waals surface area contributed by atoms with Crippen LogP contribution in [0.1, 0.15) is 17.5 Å². The average Bonchev–Trinajstić information content (AvgIpc) is 2.67. The fraction of sp³-hybridized carbons (Fsp3) is 0.300. The van der Waals surface area contributed by atoms with Gasteiger partial charge in [-0.2, -0.15) is 0 Å². The van der Waals surface area contributed by atoms with E-state index in [4.69, 9.17) is 11.6 Å². The molecule has 0 aliphatic rings. The highest BCUT2D eigenvalue weighted by atomic mass is 127. The van der Waals surface area contributed by atoms with Crippen LogP contribution in [-0.4, -0.2) is 32.0 Å². The van der Waals surface area contributed by atoms with Crippen molar-refractivity contribution in [3.8, 4) is 0 Å². The zero-order valence-electron chi connectivity index (χ0n) is 15.4. The van der Waals surface area contributed by atoms with E-state index in [2.05, 4.69) is 20.9 Å². The first-order valence-corrected chi connectivity index (χ1v) is 9.05. The Morgan fingerprint density at radius 3 is 2.26 bits per heavy atom. The molecule has 2 rings (SSSR count). The van der Waals surface area contributed by atoms with Crippen molar-refractivity contribution in [1.82, 2.24) is 16.0 Å². The predicted octanol–water partition coefficient (Wildman–Crippen LogP) is 3.37. The number of guanidine groups is 1. The van der Waals surface area contributed by atoms with Gasteiger partial charge in [-0.05, 0) is 29.7 Å². The summed E-state index contributed by atoms with van der Waals surface area (Å²) in [5.41, 5.74) is 2.30. The van der Waals surface area contributed by atoms with Crippen molar-refractivity contribution in [3.05, 3.63) is 70.7 Å². The van der Waals surface area contributed by atoms with Crippen molar-refractivity contribution in [2.45, 2.75) is 19.4 Å². The first kappa shape index (κ1) is 23.2. The summed E-state index contributed by atoms with van der Waals surface area (Å²) < 4.78 is 0. The molecule has 3 N–H and O–H groups in total. The molecule has 2 aromatic carbocycles. The molecule has 0 radical (unpaired) electrons. The SMILES string of the molecule is CN=C(NCCC(=O)NCc1ccccc1)NCCc1ccc(Cl)cc1.I. The van der Waals surface area contributed by atoms with Crippen molar-refractivity contribution < 1.29 is 4.79 Å². The second-order valence-corrected chi connectivity index (χ2v) is 6.25. The number of aliphatic imine (C=N–C) groups is 1. The minimum atomic E-state index is 0. The Labute approximate surface area is 183 Å². The fourth-order valence-electron chi connectivity index (χ4n) is 2.38. The van der Waals surface area contributed by atoms with Gasteiger partial charge in [-0.15, -0.1) is 24.0 Å². The van der Waals surface area contributed by atoms with E-state index in [-0.39, 0.29) is 29.9 Å². The van der Waals surface area contributed by atoms with Crippen LogP contribution in [0.4, 0.5) is 0 Å². The number of amides is 1. The zero-order chi connectivity index (χ0) is 18.6. The third-order valence-electron chi connectivity index (χ3n) is 3.82. The number of halogens is 2. The highest BCUT2D eigenvalue weighted by molar-refractivity contribution is 14.0. The van der Waals surface area contributed by atoms with Crippen molar-refractivity contribution in [2.24, 2.45) is 4.99 Å². The molecule has 0 spiro atoms. The number of nitrogens with one attached hydrogen (secondary N) is 3. The summed E-state index contributed by atoms with van der Waals surface area (Å²) in [4.78, 5) is 16.1. The Bertz CT molecular complexity index is 708. The van der Waals surface area contributed by atoms with E-state index in [1.165, 1.54) is 5.56 Å². The highest BCUT2D eigenvalue weighted by Crippen LogP contribution is 2.09. The molecule has 5 nitrogen and oxygen atoms in total. The molecule has 0 aliphatic heterocycles. The minimum Gasteiger partial charge on any atom is -0.356 e. The summed E-state index contributed by atoms with van der Waals surface area (Å²) in [5.74, 6) is 0.702. The largest absolute Gasteiger partial charge is 0.356 e. The normalized spacial score (nSPS) is 10.7. The van der Waals surface area contributed by atoms with Crippen LogP contribution < -0.4 is 16.0 Å². The van der Waals surface area contributed by atoms with Gasteiger partial charge in [-0.25, -0.2) is 0 Å². The molecular weight excluding hydrogens is 475 g/mol. The molecule has 0 atom stereocenters. The van der Waals surface area contributed by atoms with Crippen LogP contribution in [0, 0.1) is 0 Å². The Morgan fingerprint density at radius 2 is 1.59 bits per heavy atom. The quantitative estimate of drug-likeness (QED) is 0.296. The minimum absolute atomic E-state index is 0. The Morgan fingerprint density at radius 1 is 0.926 bits per heavy atom. The van der Waals surface area contributed by atoms with Crippen LogP contribution in [0.2, 0.25) is 5.02 Å². The van der Waals surface area contributed by atoms with Gasteiger partial charge < -0.3 is 16.0 Å². The molecular formula is C20H26ClIN4O. The van der Waals surface area contributed by atoms with E-state index in [0.717, 1.165) is 23.6 Å². The summed E-state index contributed by atoms with van der Waals surface area (Å²) in [6.45, 7) is 1.83. The van der Waals surface area contributed by atoms with E-state index in [1.54, 1.807) is 7.05 Å². The number of nitrogens with zero attached hydrogens (tertiary/aromatic N) is 1. The summed E-state index contributed by atoms with van der Waals surface area (Å²) in [5, 5.41) is 10.0. The third kappa shape index (κ3) is 9.63. The first-order chi connectivity index (χ1) is 12.7. The number of carbonyl (C=O) groups is 1. The topological polar surface area (TPSA) is 65.5 Å². The average molecular weight is 501 g/mol. The summed E-state index contributed by atoms with van der Waals surface area (Å²) >= 11 is 5.88. The molecule has 0 fully saturated rings. The van der Waals surface area contributed by atoms with Gasteiger partial charge in [-0.1, -0.05) is 54.1 Å². The maximum atomic E-state index is 11.9. The lowest BCUT2D eigenvalue weighted by Gasteiger charge is -2.12. The van der Waals surface area contributed by atoms with E-state index in [1.807, 2.05) is 54.6 Å². The number of rotatable bonds is 8. The summed E-state index contributed by atoms with van der Waals surface area (Å²) in [6, 6.07) is 17.7. The number of benzene rings is 2. The molecule has 0 aromatic heterocycles. The van der Waals surface area contributed by atoms with Gasteiger partial charge in [0.05, 0.1) is 0 Å². The van der Waals surface area contributed by atoms with Crippen molar-refractivity contribution in [2.75, 3.05) is 20.1 Å². The van der Waals surface area contributed by atoms with Crippen LogP contribution in [0.25, 0.3) is 0 Å². The molecule has 0 saturated carbocycles. The molecule has 0 bridgehead atoms. The molecule has 0 heterocycles. The van der Waals surface area contributed by atoms with E-state index >= 15 is 0 Å². The third-order valence-corrected chi connectivity index (χ3v) is 4.07. The molecule has 27 heavy (non-hydrogen) atoms. The van der Waals surface area contributed by atoms with E-state index < -0.39 is 0 Å². The summed E-state index contributed by atoms with van der Waals surface area (Å²) in [7, 11) is 1.72. The van der Waals surface area contributed by atoms with Crippen LogP contribution in [0.3, 0.4) is 0 Å². The van der Waals surface area contributed by atoms with Crippen LogP contribution >= 0.6 is 35.6 Å². The Hall–Kier alpha value is -1.80. The lowest BCUT2D eigenvalue weighted by atomic mass is 10.1. The molecule has 2 aromatic rings. The molecule has 146 valence electrons. The maximum Gasteiger partial charge on any atom is 0.222 e. The van der Waals surface area contributed by atoms with Gasteiger partial charge in [0.15, 0.2) is 5.96 Å². The Kier molecular flexibility index (Phi) is 11.5. The molecule has 0 unspecified atom stereocenters. The van der Waals surface area contributed by atoms with Crippen molar-refractivity contribution in [3.63, 3.8) is 0 Å². The van der Waals surface area contributed by atoms with Crippen LogP contribution in [-0.2, 0) is 17.8 Å². The number of hydrogen-bond acceptors (Lipinski definition) is 2. The molecule has 0 saturated heterocycles. The molecule has 1 amide bonds. The Balaban J connectivity index is 0.00000364. The molecule has 7 heteroatoms. The van der Waals surface area contributed by atoms with Crippen LogP contribution in [0.5, 0.6) is 0 Å². The van der Waals surface area contributed by atoms with Crippen molar-refractivity contribution >= 4 is 47.4 Å². The first-order valence-electron chi connectivity index (χ1n) is 8.67. The van der Waals surface area contributed by atoms with Gasteiger partial charge in [0, 0.05) is 38.1 Å². The lowest BCUT2D eigenvalue weighted by molar-refractivity contribution is -0.121.